The van der Waals surface area contributed by atoms with Gasteiger partial charge in [-0.05, 0) is 83.9 Å². The van der Waals surface area contributed by atoms with Gasteiger partial charge in [0.15, 0.2) is 0 Å². The molecule has 0 aliphatic carbocycles. The van der Waals surface area contributed by atoms with Gasteiger partial charge < -0.3 is 60.6 Å². The van der Waals surface area contributed by atoms with E-state index in [2.05, 4.69) is 51.2 Å². The van der Waals surface area contributed by atoms with Crippen LogP contribution in [0.3, 0.4) is 0 Å². The maximum atomic E-state index is 12.6. The minimum Gasteiger partial charge on any atom is -0.744 e. The first-order chi connectivity index (χ1) is 34.0. The van der Waals surface area contributed by atoms with Crippen molar-refractivity contribution in [2.75, 3.05) is 83.7 Å². The van der Waals surface area contributed by atoms with E-state index in [0.717, 1.165) is 48.6 Å². The first-order valence-corrected chi connectivity index (χ1v) is 26.2. The van der Waals surface area contributed by atoms with Crippen LogP contribution in [0.25, 0.3) is 12.2 Å². The van der Waals surface area contributed by atoms with Crippen LogP contribution < -0.4 is 112 Å². The Hall–Kier alpha value is -4.44. The van der Waals surface area contributed by atoms with E-state index in [9.17, 15) is 72.3 Å². The molecule has 4 aromatic carbocycles. The summed E-state index contributed by atoms with van der Waals surface area (Å²) in [7, 11) is -19.6. The normalized spacial score (nSPS) is 11.8. The molecule has 0 radical (unpaired) electrons. The predicted molar refractivity (Wildman–Crippen MR) is 256 cm³/mol. The van der Waals surface area contributed by atoms with Crippen molar-refractivity contribution in [2.24, 2.45) is 0 Å². The van der Waals surface area contributed by atoms with Gasteiger partial charge in [-0.2, -0.15) is 46.7 Å². The molecule has 384 valence electrons. The minimum absolute atomic E-state index is 0. The fourth-order valence-corrected chi connectivity index (χ4v) is 8.74. The Morgan fingerprint density at radius 3 is 0.973 bits per heavy atom. The number of aliphatic hydroxyl groups excluding tert-OH is 4. The standard InChI is InChI=1S/C40H44N12O16S4.K.Na/c53-19-15-51(16-20-54)39-47-35(41-27-7-11-31(12-8-27)69(57,58)59)45-37(49-39)43-29-5-3-25(33(23-29)71(63,64)65)1-2-26-4-6-30(24-34(26)72(66,67)68)44-38-46-36(48-40(50-38)52(17-21-55)18-22-56)42-28-9-13-32(14-10-28)70(60,61)62;;/h1-14,23-24,53-56H,15-22H2,(H,57,58,59)(H,60,61,62)(H,63,64,65)(H,66,67,68)(H2,41,43,45,47,49)(H2,42,44,46,48,50);;/q;2*+1/p-2. The number of hydrogen-bond donors (Lipinski definition) is 10. The number of anilines is 10. The summed E-state index contributed by atoms with van der Waals surface area (Å²) in [4.78, 5) is 26.0. The van der Waals surface area contributed by atoms with Crippen molar-refractivity contribution in [3.05, 3.63) is 96.1 Å². The van der Waals surface area contributed by atoms with Crippen molar-refractivity contribution in [1.29, 1.82) is 0 Å². The smallest absolute Gasteiger partial charge is 0.744 e. The topological polar surface area (TPSA) is 436 Å². The maximum absolute atomic E-state index is 12.6. The third-order valence-electron chi connectivity index (χ3n) is 9.63. The van der Waals surface area contributed by atoms with Gasteiger partial charge >= 0.3 is 80.9 Å². The quantitative estimate of drug-likeness (QED) is 0.0154. The van der Waals surface area contributed by atoms with Crippen LogP contribution in [0.4, 0.5) is 58.4 Å². The summed E-state index contributed by atoms with van der Waals surface area (Å²) in [6, 6.07) is 16.4. The molecule has 0 amide bonds. The molecule has 0 aliphatic heterocycles. The number of rotatable bonds is 24. The first kappa shape index (κ1) is 62.1. The van der Waals surface area contributed by atoms with Crippen LogP contribution >= 0.6 is 0 Å². The van der Waals surface area contributed by atoms with Crippen molar-refractivity contribution in [3.63, 3.8) is 0 Å². The van der Waals surface area contributed by atoms with E-state index in [-0.39, 0.29) is 203 Å². The van der Waals surface area contributed by atoms with Crippen LogP contribution in [0.5, 0.6) is 0 Å². The summed E-state index contributed by atoms with van der Waals surface area (Å²) in [6.07, 6.45) is 2.14. The Labute approximate surface area is 488 Å². The zero-order valence-corrected chi connectivity index (χ0v) is 47.3. The number of benzene rings is 4. The number of hydrogen-bond acceptors (Lipinski definition) is 26. The fraction of sp³-hybridized carbons (Fsp3) is 0.200. The third kappa shape index (κ3) is 17.6. The van der Waals surface area contributed by atoms with E-state index in [4.69, 9.17) is 0 Å². The van der Waals surface area contributed by atoms with E-state index >= 15 is 0 Å². The Balaban J connectivity index is 0.00000593. The van der Waals surface area contributed by atoms with E-state index in [0.29, 0.717) is 0 Å². The Bertz CT molecular complexity index is 3170. The van der Waals surface area contributed by atoms with Gasteiger partial charge in [-0.25, -0.2) is 16.8 Å². The van der Waals surface area contributed by atoms with E-state index < -0.39 is 60.1 Å². The van der Waals surface area contributed by atoms with Gasteiger partial charge in [0.2, 0.25) is 35.7 Å². The molecule has 0 saturated carbocycles. The summed E-state index contributed by atoms with van der Waals surface area (Å²) in [6.45, 7) is -1.78. The molecule has 10 N–H and O–H groups in total. The fourth-order valence-electron chi connectivity index (χ4n) is 6.39. The molecular formula is C40H42KN12NaO16S4. The van der Waals surface area contributed by atoms with Crippen molar-refractivity contribution < 1.29 is 153 Å². The average Bonchev–Trinajstić information content (AvgIpc) is 3.30. The second-order valence-corrected chi connectivity index (χ2v) is 20.2. The molecule has 28 nitrogen and oxygen atoms in total. The van der Waals surface area contributed by atoms with E-state index in [1.807, 2.05) is 0 Å². The molecular weight excluding hydrogens is 1090 g/mol. The predicted octanol–water partition coefficient (Wildman–Crippen LogP) is -4.91. The van der Waals surface area contributed by atoms with Crippen LogP contribution in [-0.4, -0.2) is 155 Å². The third-order valence-corrected chi connectivity index (χ3v) is 13.1. The molecule has 0 saturated heterocycles. The molecule has 0 aliphatic rings. The zero-order chi connectivity index (χ0) is 52.4. The van der Waals surface area contributed by atoms with Crippen LogP contribution in [0.1, 0.15) is 11.1 Å². The van der Waals surface area contributed by atoms with Crippen molar-refractivity contribution in [3.8, 4) is 0 Å². The molecule has 2 aromatic heterocycles. The molecule has 0 unspecified atom stereocenters. The van der Waals surface area contributed by atoms with Crippen LogP contribution in [0.2, 0.25) is 0 Å². The summed E-state index contributed by atoms with van der Waals surface area (Å²) in [5.41, 5.74) is -0.161. The van der Waals surface area contributed by atoms with Crippen molar-refractivity contribution in [2.45, 2.75) is 19.6 Å². The minimum atomic E-state index is -5.29. The summed E-state index contributed by atoms with van der Waals surface area (Å²) in [5.74, 6) is -1.04. The number of nitrogens with one attached hydrogen (secondary N) is 4. The van der Waals surface area contributed by atoms with Gasteiger partial charge in [0.25, 0.3) is 20.2 Å². The summed E-state index contributed by atoms with van der Waals surface area (Å²) < 4.78 is 141. The van der Waals surface area contributed by atoms with Crippen LogP contribution in [0, 0.1) is 0 Å². The van der Waals surface area contributed by atoms with Crippen LogP contribution in [-0.2, 0) is 40.5 Å². The van der Waals surface area contributed by atoms with Crippen molar-refractivity contribution >= 4 is 111 Å². The molecule has 0 bridgehead atoms. The zero-order valence-electron chi connectivity index (χ0n) is 38.9. The van der Waals surface area contributed by atoms with Gasteiger partial charge in [0.05, 0.1) is 46.0 Å². The number of aliphatic hydroxyl groups is 4. The maximum Gasteiger partial charge on any atom is 1.00 e. The molecule has 2 heterocycles. The Morgan fingerprint density at radius 1 is 0.446 bits per heavy atom. The molecule has 6 aromatic rings. The average molecular weight is 1140 g/mol. The van der Waals surface area contributed by atoms with Crippen molar-refractivity contribution in [1.82, 2.24) is 29.9 Å². The SMILES string of the molecule is O=S(=O)([O-])c1cc(Nc2nc(Nc3ccc(S(=O)(=O)O)cc3)nc(N(CCO)CCO)n2)ccc1C=Cc1ccc(Nc2nc(Nc3ccc(S(=O)(=O)O)cc3)nc(N(CCO)CCO)n2)cc1S(=O)(=O)[O-].[K+].[Na+]. The van der Waals surface area contributed by atoms with Gasteiger partial charge in [-0.15, -0.1) is 0 Å². The monoisotopic (exact) mass is 1140 g/mol. The van der Waals surface area contributed by atoms with Gasteiger partial charge in [-0.1, -0.05) is 24.3 Å². The molecule has 74 heavy (non-hydrogen) atoms. The summed E-state index contributed by atoms with van der Waals surface area (Å²) >= 11 is 0. The number of aromatic nitrogens is 6. The largest absolute Gasteiger partial charge is 1.00 e. The van der Waals surface area contributed by atoms with E-state index in [1.54, 1.807) is 0 Å². The Morgan fingerprint density at radius 2 is 0.716 bits per heavy atom. The molecule has 0 spiro atoms. The second kappa shape index (κ2) is 27.0. The summed E-state index contributed by atoms with van der Waals surface area (Å²) in [5, 5.41) is 49.7. The van der Waals surface area contributed by atoms with Gasteiger partial charge in [-0.3, -0.25) is 9.11 Å². The van der Waals surface area contributed by atoms with E-state index in [1.165, 1.54) is 58.3 Å². The molecule has 34 heteroatoms. The van der Waals surface area contributed by atoms with Gasteiger partial charge in [0.1, 0.15) is 20.2 Å². The second-order valence-electron chi connectivity index (χ2n) is 14.7. The molecule has 0 atom stereocenters. The van der Waals surface area contributed by atoms with Crippen LogP contribution in [0.15, 0.2) is 105 Å². The Kier molecular flexibility index (Phi) is 22.7. The number of nitrogens with zero attached hydrogens (tertiary/aromatic N) is 8. The van der Waals surface area contributed by atoms with Gasteiger partial charge in [0, 0.05) is 48.9 Å². The molecule has 0 fully saturated rings. The molecule has 6 rings (SSSR count). The first-order valence-electron chi connectivity index (χ1n) is 20.5.